The van der Waals surface area contributed by atoms with Crippen molar-refractivity contribution in [3.05, 3.63) is 11.7 Å². The van der Waals surface area contributed by atoms with Crippen LogP contribution in [0.5, 0.6) is 0 Å². The van der Waals surface area contributed by atoms with E-state index >= 15 is 0 Å². The maximum Gasteiger partial charge on any atom is 0.240 e. The molecule has 4 N–H and O–H groups in total. The predicted octanol–water partition coefficient (Wildman–Crippen LogP) is -0.00578. The van der Waals surface area contributed by atoms with Gasteiger partial charge in [-0.1, -0.05) is 10.3 Å². The lowest BCUT2D eigenvalue weighted by Gasteiger charge is -2.00. The highest BCUT2D eigenvalue weighted by atomic mass is 16.5. The lowest BCUT2D eigenvalue weighted by molar-refractivity contribution is 0.316. The SMILES string of the molecule is Cc1noc(CNCCCC(N)=NO)n1. The Hall–Kier alpha value is -1.63. The van der Waals surface area contributed by atoms with E-state index in [9.17, 15) is 0 Å². The van der Waals surface area contributed by atoms with Gasteiger partial charge in [-0.25, -0.2) is 0 Å². The molecule has 0 amide bonds. The minimum atomic E-state index is 0.241. The van der Waals surface area contributed by atoms with E-state index in [1.165, 1.54) is 0 Å². The third kappa shape index (κ3) is 4.41. The Bertz CT molecular complexity index is 323. The van der Waals surface area contributed by atoms with Gasteiger partial charge in [0.05, 0.1) is 6.54 Å². The molecular weight excluding hydrogens is 198 g/mol. The van der Waals surface area contributed by atoms with Crippen molar-refractivity contribution in [3.8, 4) is 0 Å². The van der Waals surface area contributed by atoms with Crippen molar-refractivity contribution in [2.75, 3.05) is 6.54 Å². The van der Waals surface area contributed by atoms with Gasteiger partial charge in [0, 0.05) is 6.42 Å². The van der Waals surface area contributed by atoms with Crippen LogP contribution in [-0.2, 0) is 6.54 Å². The third-order valence-corrected chi connectivity index (χ3v) is 1.76. The molecule has 0 aliphatic rings. The number of nitrogens with two attached hydrogens (primary N) is 1. The fourth-order valence-corrected chi connectivity index (χ4v) is 1.05. The molecule has 0 aromatic carbocycles. The molecule has 0 aliphatic heterocycles. The van der Waals surface area contributed by atoms with Gasteiger partial charge in [0.15, 0.2) is 5.82 Å². The summed E-state index contributed by atoms with van der Waals surface area (Å²) in [6, 6.07) is 0. The molecule has 1 aromatic heterocycles. The molecule has 0 saturated carbocycles. The number of nitrogens with zero attached hydrogens (tertiary/aromatic N) is 3. The highest BCUT2D eigenvalue weighted by Gasteiger charge is 2.01. The molecule has 0 aliphatic carbocycles. The zero-order valence-electron chi connectivity index (χ0n) is 8.60. The van der Waals surface area contributed by atoms with Crippen molar-refractivity contribution in [2.45, 2.75) is 26.3 Å². The maximum atomic E-state index is 8.28. The van der Waals surface area contributed by atoms with Crippen LogP contribution in [0.2, 0.25) is 0 Å². The maximum absolute atomic E-state index is 8.28. The third-order valence-electron chi connectivity index (χ3n) is 1.76. The van der Waals surface area contributed by atoms with Gasteiger partial charge in [-0.3, -0.25) is 0 Å². The first-order chi connectivity index (χ1) is 7.22. The fraction of sp³-hybridized carbons (Fsp3) is 0.625. The second-order valence-electron chi connectivity index (χ2n) is 3.11. The molecule has 1 aromatic rings. The quantitative estimate of drug-likeness (QED) is 0.202. The van der Waals surface area contributed by atoms with Crippen molar-refractivity contribution in [3.63, 3.8) is 0 Å². The average Bonchev–Trinajstić information content (AvgIpc) is 2.63. The van der Waals surface area contributed by atoms with Gasteiger partial charge in [0.2, 0.25) is 5.89 Å². The standard InChI is InChI=1S/C8H15N5O2/c1-6-11-8(15-13-6)5-10-4-2-3-7(9)12-14/h10,14H,2-5H2,1H3,(H2,9,12). The number of aryl methyl sites for hydroxylation is 1. The lowest BCUT2D eigenvalue weighted by atomic mass is 10.3. The molecule has 84 valence electrons. The average molecular weight is 213 g/mol. The zero-order valence-corrected chi connectivity index (χ0v) is 8.60. The number of oxime groups is 1. The highest BCUT2D eigenvalue weighted by Crippen LogP contribution is 1.95. The van der Waals surface area contributed by atoms with Crippen LogP contribution in [0.4, 0.5) is 0 Å². The minimum absolute atomic E-state index is 0.241. The summed E-state index contributed by atoms with van der Waals surface area (Å²) in [6.07, 6.45) is 1.36. The Morgan fingerprint density at radius 1 is 1.67 bits per heavy atom. The molecule has 7 nitrogen and oxygen atoms in total. The molecule has 1 heterocycles. The van der Waals surface area contributed by atoms with Gasteiger partial charge in [-0.2, -0.15) is 4.98 Å². The van der Waals surface area contributed by atoms with E-state index in [0.717, 1.165) is 13.0 Å². The summed E-state index contributed by atoms with van der Waals surface area (Å²) < 4.78 is 4.90. The van der Waals surface area contributed by atoms with Crippen molar-refractivity contribution < 1.29 is 9.73 Å². The van der Waals surface area contributed by atoms with Crippen molar-refractivity contribution in [2.24, 2.45) is 10.9 Å². The van der Waals surface area contributed by atoms with Gasteiger partial charge in [-0.15, -0.1) is 0 Å². The second-order valence-corrected chi connectivity index (χ2v) is 3.11. The summed E-state index contributed by atoms with van der Waals surface area (Å²) in [5, 5.41) is 17.9. The zero-order chi connectivity index (χ0) is 11.1. The largest absolute Gasteiger partial charge is 0.409 e. The van der Waals surface area contributed by atoms with Crippen LogP contribution in [0, 0.1) is 6.92 Å². The van der Waals surface area contributed by atoms with Crippen LogP contribution in [0.1, 0.15) is 24.6 Å². The highest BCUT2D eigenvalue weighted by molar-refractivity contribution is 5.79. The number of hydrogen-bond donors (Lipinski definition) is 3. The summed E-state index contributed by atoms with van der Waals surface area (Å²) in [6.45, 7) is 3.06. The first kappa shape index (κ1) is 11.4. The molecule has 0 unspecified atom stereocenters. The smallest absolute Gasteiger partial charge is 0.240 e. The van der Waals surface area contributed by atoms with Crippen molar-refractivity contribution in [1.29, 1.82) is 0 Å². The van der Waals surface area contributed by atoms with Crippen LogP contribution < -0.4 is 11.1 Å². The molecule has 0 atom stereocenters. The fourth-order valence-electron chi connectivity index (χ4n) is 1.05. The van der Waals surface area contributed by atoms with E-state index in [4.69, 9.17) is 15.5 Å². The Kier molecular flexibility index (Phi) is 4.55. The second kappa shape index (κ2) is 5.97. The lowest BCUT2D eigenvalue weighted by Crippen LogP contribution is -2.18. The molecule has 0 saturated heterocycles. The minimum Gasteiger partial charge on any atom is -0.409 e. The normalized spacial score (nSPS) is 11.9. The van der Waals surface area contributed by atoms with E-state index in [1.807, 2.05) is 0 Å². The van der Waals surface area contributed by atoms with E-state index in [-0.39, 0.29) is 5.84 Å². The number of amidine groups is 1. The van der Waals surface area contributed by atoms with E-state index in [1.54, 1.807) is 6.92 Å². The van der Waals surface area contributed by atoms with E-state index in [2.05, 4.69) is 20.6 Å². The molecule has 7 heteroatoms. The van der Waals surface area contributed by atoms with Crippen LogP contribution in [0.15, 0.2) is 9.68 Å². The van der Waals surface area contributed by atoms with Crippen LogP contribution in [-0.4, -0.2) is 27.7 Å². The monoisotopic (exact) mass is 213 g/mol. The van der Waals surface area contributed by atoms with Gasteiger partial charge >= 0.3 is 0 Å². The summed E-state index contributed by atoms with van der Waals surface area (Å²) in [5.74, 6) is 1.44. The van der Waals surface area contributed by atoms with Crippen LogP contribution >= 0.6 is 0 Å². The molecule has 0 fully saturated rings. The first-order valence-corrected chi connectivity index (χ1v) is 4.68. The van der Waals surface area contributed by atoms with E-state index < -0.39 is 0 Å². The number of nitrogens with one attached hydrogen (secondary N) is 1. The molecule has 1 rings (SSSR count). The summed E-state index contributed by atoms with van der Waals surface area (Å²) in [7, 11) is 0. The molecule has 15 heavy (non-hydrogen) atoms. The van der Waals surface area contributed by atoms with Crippen LogP contribution in [0.25, 0.3) is 0 Å². The topological polar surface area (TPSA) is 110 Å². The molecule has 0 spiro atoms. The van der Waals surface area contributed by atoms with Gasteiger partial charge in [0.1, 0.15) is 5.84 Å². The van der Waals surface area contributed by atoms with E-state index in [0.29, 0.717) is 24.7 Å². The first-order valence-electron chi connectivity index (χ1n) is 4.68. The van der Waals surface area contributed by atoms with Gasteiger partial charge in [0.25, 0.3) is 0 Å². The Balaban J connectivity index is 2.07. The molecular formula is C8H15N5O2. The molecule has 0 bridgehead atoms. The Morgan fingerprint density at radius 2 is 2.47 bits per heavy atom. The molecule has 0 radical (unpaired) electrons. The van der Waals surface area contributed by atoms with Gasteiger partial charge in [-0.05, 0) is 19.9 Å². The summed E-state index contributed by atoms with van der Waals surface area (Å²) in [4.78, 5) is 4.03. The number of aromatic nitrogens is 2. The predicted molar refractivity (Wildman–Crippen MR) is 53.4 cm³/mol. The van der Waals surface area contributed by atoms with Gasteiger partial charge < -0.3 is 20.8 Å². The summed E-state index contributed by atoms with van der Waals surface area (Å²) in [5.41, 5.74) is 5.30. The number of rotatable bonds is 6. The van der Waals surface area contributed by atoms with Crippen molar-refractivity contribution in [1.82, 2.24) is 15.5 Å². The van der Waals surface area contributed by atoms with Crippen molar-refractivity contribution >= 4 is 5.84 Å². The van der Waals surface area contributed by atoms with Crippen LogP contribution in [0.3, 0.4) is 0 Å². The summed E-state index contributed by atoms with van der Waals surface area (Å²) >= 11 is 0. The Morgan fingerprint density at radius 3 is 3.07 bits per heavy atom. The Labute approximate surface area is 87.3 Å². The number of hydrogen-bond acceptors (Lipinski definition) is 6.